The number of aromatic nitrogens is 3. The van der Waals surface area contributed by atoms with Gasteiger partial charge in [0.2, 0.25) is 0 Å². The lowest BCUT2D eigenvalue weighted by Gasteiger charge is -2.22. The predicted molar refractivity (Wildman–Crippen MR) is 228 cm³/mol. The lowest BCUT2D eigenvalue weighted by Crippen LogP contribution is -2.14. The van der Waals surface area contributed by atoms with Gasteiger partial charge in [-0.1, -0.05) is 184 Å². The van der Waals surface area contributed by atoms with Crippen LogP contribution in [0.4, 0.5) is 0 Å². The maximum absolute atomic E-state index is 5.36. The Bertz CT molecular complexity index is 2790. The molecule has 1 aliphatic carbocycles. The Morgan fingerprint density at radius 1 is 0.327 bits per heavy atom. The summed E-state index contributed by atoms with van der Waals surface area (Å²) in [6.07, 6.45) is 0. The summed E-state index contributed by atoms with van der Waals surface area (Å²) in [5.74, 6) is 1.91. The van der Waals surface area contributed by atoms with Crippen LogP contribution in [0.25, 0.3) is 89.4 Å². The molecule has 9 aromatic rings. The van der Waals surface area contributed by atoms with Crippen LogP contribution in [0, 0.1) is 0 Å². The van der Waals surface area contributed by atoms with E-state index in [0.717, 1.165) is 60.8 Å². The lowest BCUT2D eigenvalue weighted by molar-refractivity contribution is 0.660. The Kier molecular flexibility index (Phi) is 7.81. The van der Waals surface area contributed by atoms with E-state index < -0.39 is 0 Å². The minimum Gasteiger partial charge on any atom is -0.208 e. The molecule has 260 valence electrons. The molecule has 0 unspecified atom stereocenters. The van der Waals surface area contributed by atoms with Crippen LogP contribution in [0.1, 0.15) is 25.0 Å². The molecule has 1 aromatic heterocycles. The van der Waals surface area contributed by atoms with Crippen LogP contribution in [0.3, 0.4) is 0 Å². The summed E-state index contributed by atoms with van der Waals surface area (Å²) in [6.45, 7) is 4.67. The first-order valence-electron chi connectivity index (χ1n) is 18.9. The lowest BCUT2D eigenvalue weighted by atomic mass is 9.81. The maximum atomic E-state index is 5.36. The molecule has 0 amide bonds. The first-order chi connectivity index (χ1) is 27.0. The predicted octanol–water partition coefficient (Wildman–Crippen LogP) is 13.3. The highest BCUT2D eigenvalue weighted by Gasteiger charge is 2.35. The summed E-state index contributed by atoms with van der Waals surface area (Å²) < 4.78 is 0. The van der Waals surface area contributed by atoms with E-state index in [-0.39, 0.29) is 5.41 Å². The molecule has 3 heteroatoms. The van der Waals surface area contributed by atoms with Gasteiger partial charge in [0, 0.05) is 22.1 Å². The molecule has 0 saturated heterocycles. The Hall–Kier alpha value is -6.97. The number of benzene rings is 8. The Morgan fingerprint density at radius 3 is 1.51 bits per heavy atom. The number of fused-ring (bicyclic) bond motifs is 4. The quantitative estimate of drug-likeness (QED) is 0.173. The van der Waals surface area contributed by atoms with Gasteiger partial charge < -0.3 is 0 Å². The molecule has 0 N–H and O–H groups in total. The summed E-state index contributed by atoms with van der Waals surface area (Å²) in [6, 6.07) is 66.7. The van der Waals surface area contributed by atoms with Crippen LogP contribution in [-0.4, -0.2) is 15.0 Å². The van der Waals surface area contributed by atoms with E-state index in [0.29, 0.717) is 17.5 Å². The van der Waals surface area contributed by atoms with Crippen molar-refractivity contribution in [3.63, 3.8) is 0 Å². The number of hydrogen-bond acceptors (Lipinski definition) is 3. The minimum atomic E-state index is -0.125. The zero-order chi connectivity index (χ0) is 36.9. The van der Waals surface area contributed by atoms with Gasteiger partial charge in [0.05, 0.1) is 0 Å². The number of hydrogen-bond donors (Lipinski definition) is 0. The molecule has 55 heavy (non-hydrogen) atoms. The van der Waals surface area contributed by atoms with Crippen molar-refractivity contribution in [2.45, 2.75) is 19.3 Å². The van der Waals surface area contributed by atoms with Crippen LogP contribution in [0.5, 0.6) is 0 Å². The van der Waals surface area contributed by atoms with Gasteiger partial charge in [0.1, 0.15) is 0 Å². The maximum Gasteiger partial charge on any atom is 0.165 e. The van der Waals surface area contributed by atoms with Gasteiger partial charge in [-0.05, 0) is 84.6 Å². The number of nitrogens with zero attached hydrogens (tertiary/aromatic N) is 3. The average Bonchev–Trinajstić information content (AvgIpc) is 3.49. The highest BCUT2D eigenvalue weighted by Crippen LogP contribution is 2.50. The third kappa shape index (κ3) is 5.73. The van der Waals surface area contributed by atoms with Gasteiger partial charge in [0.25, 0.3) is 0 Å². The normalized spacial score (nSPS) is 12.7. The van der Waals surface area contributed by atoms with Crippen molar-refractivity contribution < 1.29 is 0 Å². The van der Waals surface area contributed by atoms with E-state index in [4.69, 9.17) is 15.0 Å². The fourth-order valence-electron chi connectivity index (χ4n) is 8.31. The second-order valence-electron chi connectivity index (χ2n) is 14.8. The summed E-state index contributed by atoms with van der Waals surface area (Å²) >= 11 is 0. The van der Waals surface area contributed by atoms with E-state index in [2.05, 4.69) is 190 Å². The first-order valence-corrected chi connectivity index (χ1v) is 18.9. The van der Waals surface area contributed by atoms with Crippen LogP contribution >= 0.6 is 0 Å². The molecule has 0 spiro atoms. The smallest absolute Gasteiger partial charge is 0.165 e. The fraction of sp³-hybridized carbons (Fsp3) is 0.0577. The van der Waals surface area contributed by atoms with Crippen LogP contribution in [0.2, 0.25) is 0 Å². The molecule has 0 radical (unpaired) electrons. The zero-order valence-corrected chi connectivity index (χ0v) is 30.7. The molecule has 0 saturated carbocycles. The highest BCUT2D eigenvalue weighted by atomic mass is 15.0. The molecule has 0 fully saturated rings. The monoisotopic (exact) mass is 703 g/mol. The van der Waals surface area contributed by atoms with E-state index in [1.54, 1.807) is 0 Å². The molecule has 0 atom stereocenters. The van der Waals surface area contributed by atoms with Gasteiger partial charge in [0.15, 0.2) is 17.5 Å². The van der Waals surface area contributed by atoms with Gasteiger partial charge in [-0.3, -0.25) is 0 Å². The van der Waals surface area contributed by atoms with Crippen LogP contribution in [-0.2, 0) is 5.41 Å². The van der Waals surface area contributed by atoms with Crippen molar-refractivity contribution in [2.24, 2.45) is 0 Å². The molecule has 0 aliphatic heterocycles. The van der Waals surface area contributed by atoms with Crippen molar-refractivity contribution in [1.82, 2.24) is 15.0 Å². The fourth-order valence-corrected chi connectivity index (χ4v) is 8.31. The van der Waals surface area contributed by atoms with Gasteiger partial charge >= 0.3 is 0 Å². The van der Waals surface area contributed by atoms with Crippen LogP contribution in [0.15, 0.2) is 188 Å². The van der Waals surface area contributed by atoms with Crippen molar-refractivity contribution in [2.75, 3.05) is 0 Å². The Morgan fingerprint density at radius 2 is 0.836 bits per heavy atom. The zero-order valence-electron chi connectivity index (χ0n) is 30.7. The summed E-state index contributed by atoms with van der Waals surface area (Å²) in [4.78, 5) is 15.9. The molecule has 8 aromatic carbocycles. The standard InChI is InChI=1S/C52H37N3/c1-52(2)46-26-12-11-25-44(46)45-30-28-39(33-47(45)52)43-29-27-36-19-9-10-24-42(36)48(43)51-54-49(40-22-13-20-37(31-40)34-15-5-3-6-16-34)53-50(55-51)41-23-14-21-38(32-41)35-17-7-4-8-18-35/h3-33H,1-2H3. The number of rotatable bonds is 6. The van der Waals surface area contributed by atoms with E-state index >= 15 is 0 Å². The average molecular weight is 704 g/mol. The molecule has 1 heterocycles. The molecular weight excluding hydrogens is 667 g/mol. The van der Waals surface area contributed by atoms with E-state index in [1.165, 1.54) is 22.3 Å². The van der Waals surface area contributed by atoms with Crippen molar-refractivity contribution in [1.29, 1.82) is 0 Å². The summed E-state index contributed by atoms with van der Waals surface area (Å²) in [5, 5.41) is 2.23. The minimum absolute atomic E-state index is 0.125. The van der Waals surface area contributed by atoms with Crippen molar-refractivity contribution in [3.05, 3.63) is 199 Å². The van der Waals surface area contributed by atoms with Crippen molar-refractivity contribution >= 4 is 10.8 Å². The molecule has 1 aliphatic rings. The summed E-state index contributed by atoms with van der Waals surface area (Å²) in [7, 11) is 0. The second-order valence-corrected chi connectivity index (χ2v) is 14.8. The van der Waals surface area contributed by atoms with E-state index in [9.17, 15) is 0 Å². The van der Waals surface area contributed by atoms with Crippen molar-refractivity contribution in [3.8, 4) is 78.7 Å². The third-order valence-corrected chi connectivity index (χ3v) is 11.1. The molecule has 10 rings (SSSR count). The summed E-state index contributed by atoms with van der Waals surface area (Å²) in [5.41, 5.74) is 14.8. The topological polar surface area (TPSA) is 38.7 Å². The third-order valence-electron chi connectivity index (χ3n) is 11.1. The van der Waals surface area contributed by atoms with Gasteiger partial charge in [-0.25, -0.2) is 15.0 Å². The molecule has 3 nitrogen and oxygen atoms in total. The highest BCUT2D eigenvalue weighted by molar-refractivity contribution is 6.03. The SMILES string of the molecule is CC1(C)c2ccccc2-c2ccc(-c3ccc4ccccc4c3-c3nc(-c4cccc(-c5ccccc5)c4)nc(-c4cccc(-c5ccccc5)c4)n3)cc21. The van der Waals surface area contributed by atoms with E-state index in [1.807, 2.05) is 12.1 Å². The Balaban J connectivity index is 1.21. The first kappa shape index (κ1) is 32.7. The molecular formula is C52H37N3. The largest absolute Gasteiger partial charge is 0.208 e. The molecule has 0 bridgehead atoms. The van der Waals surface area contributed by atoms with Crippen LogP contribution < -0.4 is 0 Å². The Labute approximate surface area is 321 Å². The van der Waals surface area contributed by atoms with Gasteiger partial charge in [-0.15, -0.1) is 0 Å². The second kappa shape index (κ2) is 13.2. The van der Waals surface area contributed by atoms with Gasteiger partial charge in [-0.2, -0.15) is 0 Å².